The van der Waals surface area contributed by atoms with Gasteiger partial charge in [0.15, 0.2) is 0 Å². The Bertz CT molecular complexity index is 771. The maximum absolute atomic E-state index is 12.0. The standard InChI is InChI=1S/2C6F5.2C6H15P.Pd/c2*7-2-1-3(8)5(10)6(11)4(2)9;2*1-4-7(5-2)6-3;/h;;2*4-6H2,1-3H3;/q2*-1;;;+2/p+2. The van der Waals surface area contributed by atoms with E-state index in [2.05, 4.69) is 41.5 Å². The number of rotatable bonds is 6. The van der Waals surface area contributed by atoms with E-state index in [0.717, 1.165) is 12.1 Å². The van der Waals surface area contributed by atoms with Crippen molar-refractivity contribution in [3.8, 4) is 0 Å². The summed E-state index contributed by atoms with van der Waals surface area (Å²) in [5.41, 5.74) is 0. The normalized spacial score (nSPS) is 10.0. The zero-order valence-corrected chi connectivity index (χ0v) is 24.9. The average molecular weight is 679 g/mol. The summed E-state index contributed by atoms with van der Waals surface area (Å²) in [4.78, 5) is 0. The summed E-state index contributed by atoms with van der Waals surface area (Å²) in [5, 5.41) is 0. The Morgan fingerprint density at radius 1 is 0.378 bits per heavy atom. The van der Waals surface area contributed by atoms with Gasteiger partial charge in [-0.1, -0.05) is 0 Å². The molecule has 2 rings (SSSR count). The monoisotopic (exact) mass is 678 g/mol. The SMILES string of the molecule is CC[PH+](CC)CC.CC[PH+](CC)CC.Fc1[c-]c(F)c(F)c(F)c1F.Fc1[c-]c(F)c(F)c(F)c1F.[Pd+2]. The smallest absolute Gasteiger partial charge is 0.278 e. The van der Waals surface area contributed by atoms with E-state index in [0.29, 0.717) is 0 Å². The number of hydrogen-bond donors (Lipinski definition) is 0. The quantitative estimate of drug-likeness (QED) is 0.0716. The summed E-state index contributed by atoms with van der Waals surface area (Å²) < 4.78 is 120. The van der Waals surface area contributed by atoms with Crippen molar-refractivity contribution in [2.75, 3.05) is 37.0 Å². The van der Waals surface area contributed by atoms with E-state index < -0.39 is 58.2 Å². The predicted molar refractivity (Wildman–Crippen MR) is 130 cm³/mol. The largest absolute Gasteiger partial charge is 2.00 e. The van der Waals surface area contributed by atoms with Crippen LogP contribution >= 0.6 is 15.8 Å². The third kappa shape index (κ3) is 14.8. The fraction of sp³-hybridized carbons (Fsp3) is 0.500. The molecule has 0 heterocycles. The van der Waals surface area contributed by atoms with E-state index in [4.69, 9.17) is 0 Å². The van der Waals surface area contributed by atoms with Gasteiger partial charge in [0.1, 0.15) is 0 Å². The van der Waals surface area contributed by atoms with Gasteiger partial charge >= 0.3 is 20.4 Å². The topological polar surface area (TPSA) is 0 Å². The molecular weight excluding hydrogens is 647 g/mol. The van der Waals surface area contributed by atoms with Crippen LogP contribution in [0, 0.1) is 70.3 Å². The zero-order chi connectivity index (χ0) is 28.6. The second-order valence-electron chi connectivity index (χ2n) is 7.01. The molecule has 2 aromatic rings. The summed E-state index contributed by atoms with van der Waals surface area (Å²) in [6, 6.07) is 2.05. The first kappa shape index (κ1) is 40.8. The fourth-order valence-corrected chi connectivity index (χ4v) is 5.49. The molecule has 0 aliphatic carbocycles. The molecule has 0 bridgehead atoms. The Morgan fingerprint density at radius 3 is 0.649 bits per heavy atom. The van der Waals surface area contributed by atoms with Crippen LogP contribution < -0.4 is 0 Å². The van der Waals surface area contributed by atoms with Crippen LogP contribution in [0.5, 0.6) is 0 Å². The van der Waals surface area contributed by atoms with Crippen molar-refractivity contribution in [2.45, 2.75) is 41.5 Å². The summed E-state index contributed by atoms with van der Waals surface area (Å²) in [6.45, 7) is 13.8. The molecule has 0 aliphatic rings. The molecule has 2 aromatic carbocycles. The second kappa shape index (κ2) is 22.1. The third-order valence-corrected chi connectivity index (χ3v) is 11.0. The van der Waals surface area contributed by atoms with Crippen molar-refractivity contribution < 1.29 is 64.3 Å². The van der Waals surface area contributed by atoms with Crippen LogP contribution in [0.1, 0.15) is 41.5 Å². The molecule has 0 fully saturated rings. The van der Waals surface area contributed by atoms with Crippen LogP contribution in [0.3, 0.4) is 0 Å². The van der Waals surface area contributed by atoms with Gasteiger partial charge in [-0.15, -0.1) is 12.1 Å². The van der Waals surface area contributed by atoms with Crippen molar-refractivity contribution in [2.24, 2.45) is 0 Å². The Labute approximate surface area is 228 Å². The molecule has 0 aliphatic heterocycles. The van der Waals surface area contributed by atoms with Crippen molar-refractivity contribution in [3.05, 3.63) is 70.3 Å². The molecule has 0 radical (unpaired) electrons. The van der Waals surface area contributed by atoms with Gasteiger partial charge in [-0.2, -0.15) is 0 Å². The minimum atomic E-state index is -2.17. The van der Waals surface area contributed by atoms with E-state index in [1.54, 1.807) is 0 Å². The Morgan fingerprint density at radius 2 is 0.541 bits per heavy atom. The summed E-state index contributed by atoms with van der Waals surface area (Å²) in [5.74, 6) is -20.1. The van der Waals surface area contributed by atoms with Gasteiger partial charge in [-0.25, -0.2) is 26.3 Å². The van der Waals surface area contributed by atoms with E-state index in [9.17, 15) is 43.9 Å². The molecule has 0 amide bonds. The minimum absolute atomic E-state index is 0. The van der Waals surface area contributed by atoms with Crippen LogP contribution in [0.2, 0.25) is 0 Å². The van der Waals surface area contributed by atoms with Crippen LogP contribution in [0.25, 0.3) is 0 Å². The van der Waals surface area contributed by atoms with Gasteiger partial charge in [0.25, 0.3) is 0 Å². The van der Waals surface area contributed by atoms with Crippen LogP contribution in [0.4, 0.5) is 43.9 Å². The minimum Gasteiger partial charge on any atom is -0.278 e. The van der Waals surface area contributed by atoms with Crippen LogP contribution in [-0.2, 0) is 20.4 Å². The van der Waals surface area contributed by atoms with Crippen molar-refractivity contribution in [3.63, 3.8) is 0 Å². The maximum atomic E-state index is 12.0. The summed E-state index contributed by atoms with van der Waals surface area (Å²) in [6.07, 6.45) is 8.74. The van der Waals surface area contributed by atoms with E-state index in [1.807, 2.05) is 0 Å². The van der Waals surface area contributed by atoms with E-state index >= 15 is 0 Å². The Balaban J connectivity index is -0.000000424. The van der Waals surface area contributed by atoms with Crippen molar-refractivity contribution >= 4 is 15.8 Å². The molecule has 0 nitrogen and oxygen atoms in total. The molecule has 37 heavy (non-hydrogen) atoms. The molecule has 0 saturated carbocycles. The first-order chi connectivity index (χ1) is 16.8. The van der Waals surface area contributed by atoms with Gasteiger partial charge in [0, 0.05) is 0 Å². The molecule has 13 heteroatoms. The second-order valence-corrected chi connectivity index (χ2v) is 14.3. The average Bonchev–Trinajstić information content (AvgIpc) is 2.87. The molecule has 0 atom stereocenters. The number of hydrogen-bond acceptors (Lipinski definition) is 0. The van der Waals surface area contributed by atoms with Crippen molar-refractivity contribution in [1.29, 1.82) is 0 Å². The van der Waals surface area contributed by atoms with Gasteiger partial charge in [-0.05, 0) is 57.4 Å². The molecule has 0 saturated heterocycles. The maximum Gasteiger partial charge on any atom is 2.00 e. The fourth-order valence-electron chi connectivity index (χ4n) is 2.49. The van der Waals surface area contributed by atoms with Crippen molar-refractivity contribution in [1.82, 2.24) is 0 Å². The summed E-state index contributed by atoms with van der Waals surface area (Å²) >= 11 is 0. The number of halogens is 10. The van der Waals surface area contributed by atoms with Gasteiger partial charge in [0.2, 0.25) is 0 Å². The Kier molecular flexibility index (Phi) is 24.4. The van der Waals surface area contributed by atoms with E-state index in [1.165, 1.54) is 37.0 Å². The Hall–Kier alpha value is -0.738. The van der Waals surface area contributed by atoms with Gasteiger partial charge in [-0.3, -0.25) is 17.6 Å². The molecule has 0 unspecified atom stereocenters. The molecule has 0 spiro atoms. The third-order valence-electron chi connectivity index (χ3n) is 4.98. The summed E-state index contributed by atoms with van der Waals surface area (Å²) in [7, 11) is 0.275. The number of benzene rings is 2. The molecular formula is C24H32F10P2Pd+2. The first-order valence-corrected chi connectivity index (χ1v) is 15.5. The molecule has 0 N–H and O–H groups in total. The van der Waals surface area contributed by atoms with Gasteiger partial charge in [0.05, 0.1) is 95.1 Å². The predicted octanol–water partition coefficient (Wildman–Crippen LogP) is 8.88. The zero-order valence-electron chi connectivity index (χ0n) is 21.3. The van der Waals surface area contributed by atoms with Crippen LogP contribution in [-0.4, -0.2) is 37.0 Å². The first-order valence-electron chi connectivity index (χ1n) is 11.3. The van der Waals surface area contributed by atoms with Crippen LogP contribution in [0.15, 0.2) is 0 Å². The van der Waals surface area contributed by atoms with Gasteiger partial charge < -0.3 is 0 Å². The van der Waals surface area contributed by atoms with E-state index in [-0.39, 0.29) is 36.3 Å². The molecule has 216 valence electrons. The molecule has 0 aromatic heterocycles.